The predicted molar refractivity (Wildman–Crippen MR) is 115 cm³/mol. The van der Waals surface area contributed by atoms with Gasteiger partial charge in [0.05, 0.1) is 18.4 Å². The van der Waals surface area contributed by atoms with Crippen molar-refractivity contribution in [2.75, 3.05) is 7.11 Å². The third-order valence-corrected chi connectivity index (χ3v) is 5.54. The van der Waals surface area contributed by atoms with Crippen molar-refractivity contribution in [3.63, 3.8) is 0 Å². The average molecular weight is 450 g/mol. The van der Waals surface area contributed by atoms with E-state index in [-0.39, 0.29) is 6.61 Å². The lowest BCUT2D eigenvalue weighted by Crippen LogP contribution is -2.07. The number of ether oxygens (including phenoxy) is 2. The lowest BCUT2D eigenvalue weighted by atomic mass is 9.94. The van der Waals surface area contributed by atoms with E-state index in [4.69, 9.17) is 26.1 Å². The van der Waals surface area contributed by atoms with Gasteiger partial charge in [0.15, 0.2) is 23.2 Å². The number of hydrogen-bond acceptors (Lipinski definition) is 3. The van der Waals surface area contributed by atoms with Crippen LogP contribution in [0.25, 0.3) is 11.3 Å². The Bertz CT molecular complexity index is 1100. The third-order valence-electron chi connectivity index (χ3n) is 5.21. The minimum absolute atomic E-state index is 0.156. The monoisotopic (exact) mass is 449 g/mol. The molecule has 0 atom stereocenters. The Morgan fingerprint density at radius 3 is 2.19 bits per heavy atom. The molecule has 0 saturated heterocycles. The molecule has 1 aromatic heterocycles. The molecule has 1 heterocycles. The lowest BCUT2D eigenvalue weighted by Gasteiger charge is -2.18. The lowest BCUT2D eigenvalue weighted by molar-refractivity contribution is 0.278. The standard InChI is InChI=1S/C24H23ClF3NO2/c1-5-14-8-7-9-15(6-2)21(14)18-11-19(30-4)16(13(3)29-18)12-31-20-10-17(26)23(27)22(25)24(20)28/h7-11H,5-6,12H2,1-4H3. The number of aryl methyl sites for hydroxylation is 3. The highest BCUT2D eigenvalue weighted by atomic mass is 35.5. The highest BCUT2D eigenvalue weighted by molar-refractivity contribution is 6.31. The van der Waals surface area contributed by atoms with Crippen molar-refractivity contribution < 1.29 is 22.6 Å². The minimum atomic E-state index is -1.45. The van der Waals surface area contributed by atoms with Gasteiger partial charge in [-0.2, -0.15) is 0 Å². The number of methoxy groups -OCH3 is 1. The quantitative estimate of drug-likeness (QED) is 0.292. The molecule has 0 aliphatic rings. The number of pyridine rings is 1. The smallest absolute Gasteiger partial charge is 0.186 e. The molecule has 0 unspecified atom stereocenters. The van der Waals surface area contributed by atoms with Crippen molar-refractivity contribution >= 4 is 11.6 Å². The summed E-state index contributed by atoms with van der Waals surface area (Å²) >= 11 is 5.50. The van der Waals surface area contributed by atoms with Crippen LogP contribution in [0.3, 0.4) is 0 Å². The van der Waals surface area contributed by atoms with E-state index in [9.17, 15) is 13.2 Å². The van der Waals surface area contributed by atoms with Crippen LogP contribution in [0.2, 0.25) is 5.02 Å². The van der Waals surface area contributed by atoms with Gasteiger partial charge in [0.25, 0.3) is 0 Å². The summed E-state index contributed by atoms with van der Waals surface area (Å²) < 4.78 is 52.2. The normalized spacial score (nSPS) is 11.0. The second kappa shape index (κ2) is 9.60. The predicted octanol–water partition coefficient (Wildman–Crippen LogP) is 6.84. The summed E-state index contributed by atoms with van der Waals surface area (Å²) in [6.45, 7) is 5.81. The van der Waals surface area contributed by atoms with Crippen LogP contribution in [-0.2, 0) is 19.4 Å². The van der Waals surface area contributed by atoms with E-state index < -0.39 is 28.2 Å². The molecule has 0 fully saturated rings. The molecule has 3 nitrogen and oxygen atoms in total. The van der Waals surface area contributed by atoms with E-state index in [2.05, 4.69) is 26.0 Å². The van der Waals surface area contributed by atoms with Gasteiger partial charge < -0.3 is 9.47 Å². The molecule has 0 radical (unpaired) electrons. The molecule has 0 bridgehead atoms. The second-order valence-corrected chi connectivity index (χ2v) is 7.40. The maximum Gasteiger partial charge on any atom is 0.186 e. The topological polar surface area (TPSA) is 31.4 Å². The van der Waals surface area contributed by atoms with Crippen molar-refractivity contribution in [3.8, 4) is 22.8 Å². The van der Waals surface area contributed by atoms with E-state index in [1.54, 1.807) is 6.92 Å². The molecule has 0 aliphatic heterocycles. The summed E-state index contributed by atoms with van der Waals surface area (Å²) in [4.78, 5) is 4.74. The Hall–Kier alpha value is -2.73. The van der Waals surface area contributed by atoms with Gasteiger partial charge in [-0.05, 0) is 30.9 Å². The van der Waals surface area contributed by atoms with Gasteiger partial charge in [0, 0.05) is 23.4 Å². The van der Waals surface area contributed by atoms with Crippen LogP contribution in [0.4, 0.5) is 13.2 Å². The molecule has 0 N–H and O–H groups in total. The fraction of sp³-hybridized carbons (Fsp3) is 0.292. The van der Waals surface area contributed by atoms with Gasteiger partial charge in [-0.15, -0.1) is 0 Å². The van der Waals surface area contributed by atoms with Gasteiger partial charge >= 0.3 is 0 Å². The largest absolute Gasteiger partial charge is 0.496 e. The summed E-state index contributed by atoms with van der Waals surface area (Å²) in [6, 6.07) is 8.63. The summed E-state index contributed by atoms with van der Waals surface area (Å²) in [6.07, 6.45) is 1.71. The fourth-order valence-corrected chi connectivity index (χ4v) is 3.72. The third kappa shape index (κ3) is 4.49. The molecule has 3 rings (SSSR count). The SMILES string of the molecule is CCc1cccc(CC)c1-c1cc(OC)c(COc2cc(F)c(F)c(Cl)c2F)c(C)n1. The van der Waals surface area contributed by atoms with E-state index in [0.29, 0.717) is 23.1 Å². The molecule has 0 saturated carbocycles. The zero-order valence-electron chi connectivity index (χ0n) is 17.8. The molecule has 0 amide bonds. The molecule has 164 valence electrons. The maximum atomic E-state index is 14.2. The average Bonchev–Trinajstić information content (AvgIpc) is 2.78. The molecule has 3 aromatic rings. The molecule has 0 spiro atoms. The fourth-order valence-electron chi connectivity index (χ4n) is 3.53. The van der Waals surface area contributed by atoms with E-state index in [1.165, 1.54) is 18.2 Å². The van der Waals surface area contributed by atoms with Crippen LogP contribution >= 0.6 is 11.6 Å². The number of hydrogen-bond donors (Lipinski definition) is 0. The van der Waals surface area contributed by atoms with Crippen LogP contribution < -0.4 is 9.47 Å². The van der Waals surface area contributed by atoms with Gasteiger partial charge in [0.2, 0.25) is 0 Å². The van der Waals surface area contributed by atoms with Crippen molar-refractivity contribution in [2.45, 2.75) is 40.2 Å². The number of rotatable bonds is 7. The number of halogens is 4. The first-order valence-corrected chi connectivity index (χ1v) is 10.3. The van der Waals surface area contributed by atoms with E-state index in [1.807, 2.05) is 12.1 Å². The Morgan fingerprint density at radius 1 is 0.968 bits per heavy atom. The summed E-state index contributed by atoms with van der Waals surface area (Å²) in [7, 11) is 1.52. The first-order valence-electron chi connectivity index (χ1n) is 9.93. The zero-order valence-corrected chi connectivity index (χ0v) is 18.5. The zero-order chi connectivity index (χ0) is 22.7. The van der Waals surface area contributed by atoms with Crippen molar-refractivity contribution in [1.29, 1.82) is 0 Å². The number of benzene rings is 2. The number of aromatic nitrogens is 1. The summed E-state index contributed by atoms with van der Waals surface area (Å²) in [5.74, 6) is -3.88. The molecular formula is C24H23ClF3NO2. The first-order chi connectivity index (χ1) is 14.8. The van der Waals surface area contributed by atoms with Crippen LogP contribution in [0.5, 0.6) is 11.5 Å². The molecule has 7 heteroatoms. The summed E-state index contributed by atoms with van der Waals surface area (Å²) in [5.41, 5.74) is 5.38. The Morgan fingerprint density at radius 2 is 1.61 bits per heavy atom. The Labute approximate surface area is 184 Å². The Balaban J connectivity index is 2.01. The first kappa shape index (κ1) is 22.9. The van der Waals surface area contributed by atoms with E-state index in [0.717, 1.165) is 24.1 Å². The Kier molecular flexibility index (Phi) is 7.11. The highest BCUT2D eigenvalue weighted by Gasteiger charge is 2.20. The van der Waals surface area contributed by atoms with Crippen LogP contribution in [0.15, 0.2) is 30.3 Å². The van der Waals surface area contributed by atoms with E-state index >= 15 is 0 Å². The van der Waals surface area contributed by atoms with Gasteiger partial charge in [-0.25, -0.2) is 13.2 Å². The van der Waals surface area contributed by atoms with Crippen molar-refractivity contribution in [1.82, 2.24) is 4.98 Å². The van der Waals surface area contributed by atoms with Gasteiger partial charge in [0.1, 0.15) is 17.4 Å². The molecule has 2 aromatic carbocycles. The summed E-state index contributed by atoms with van der Waals surface area (Å²) in [5, 5.41) is -0.949. The molecular weight excluding hydrogens is 427 g/mol. The van der Waals surface area contributed by atoms with Crippen LogP contribution in [0, 0.1) is 24.4 Å². The second-order valence-electron chi connectivity index (χ2n) is 7.02. The van der Waals surface area contributed by atoms with Crippen molar-refractivity contribution in [3.05, 3.63) is 75.2 Å². The van der Waals surface area contributed by atoms with Crippen molar-refractivity contribution in [2.24, 2.45) is 0 Å². The van der Waals surface area contributed by atoms with Gasteiger partial charge in [-0.1, -0.05) is 43.6 Å². The minimum Gasteiger partial charge on any atom is -0.496 e. The number of nitrogens with zero attached hydrogens (tertiary/aromatic N) is 1. The van der Waals surface area contributed by atoms with Crippen LogP contribution in [0.1, 0.15) is 36.2 Å². The molecule has 0 aliphatic carbocycles. The van der Waals surface area contributed by atoms with Gasteiger partial charge in [-0.3, -0.25) is 4.98 Å². The molecule has 31 heavy (non-hydrogen) atoms. The van der Waals surface area contributed by atoms with Crippen LogP contribution in [-0.4, -0.2) is 12.1 Å². The highest BCUT2D eigenvalue weighted by Crippen LogP contribution is 2.34. The maximum absolute atomic E-state index is 14.2.